The maximum Gasteiger partial charge on any atom is 0.262 e. The summed E-state index contributed by atoms with van der Waals surface area (Å²) < 4.78 is 16.1. The number of hydrogen-bond donors (Lipinski definition) is 2. The smallest absolute Gasteiger partial charge is 0.262 e. The van der Waals surface area contributed by atoms with Crippen LogP contribution in [0, 0.1) is 5.82 Å². The second kappa shape index (κ2) is 7.77. The lowest BCUT2D eigenvalue weighted by molar-refractivity contribution is 0.0876. The van der Waals surface area contributed by atoms with E-state index >= 15 is 0 Å². The summed E-state index contributed by atoms with van der Waals surface area (Å²) in [6.07, 6.45) is 3.26. The first-order valence-corrected chi connectivity index (χ1v) is 10.7. The number of rotatable bonds is 4. The van der Waals surface area contributed by atoms with Crippen LogP contribution in [0.3, 0.4) is 0 Å². The molecule has 8 heteroatoms. The lowest BCUT2D eigenvalue weighted by atomic mass is 9.81. The normalized spacial score (nSPS) is 16.1. The molecule has 1 aliphatic heterocycles. The number of aryl methyl sites for hydroxylation is 1. The molecule has 2 aromatic heterocycles. The standard InChI is InChI=1S/C20H20BrFN4OS/c1-26-18(16(21)11-24-26)13-10-17(28-12-13)19(27)25-20(6-8-23-9-7-20)14-2-4-15(22)5-3-14/h2-5,10-12,23H,6-9H2,1H3,(H,25,27). The minimum Gasteiger partial charge on any atom is -0.342 e. The van der Waals surface area contributed by atoms with Gasteiger partial charge in [0.1, 0.15) is 5.82 Å². The van der Waals surface area contributed by atoms with E-state index in [0.29, 0.717) is 4.88 Å². The minimum absolute atomic E-state index is 0.110. The van der Waals surface area contributed by atoms with Gasteiger partial charge in [0.15, 0.2) is 0 Å². The number of halogens is 2. The van der Waals surface area contributed by atoms with Crippen LogP contribution in [0.25, 0.3) is 11.3 Å². The van der Waals surface area contributed by atoms with Gasteiger partial charge >= 0.3 is 0 Å². The van der Waals surface area contributed by atoms with E-state index in [9.17, 15) is 9.18 Å². The Morgan fingerprint density at radius 1 is 1.32 bits per heavy atom. The molecule has 0 saturated carbocycles. The van der Waals surface area contributed by atoms with Crippen LogP contribution in [-0.4, -0.2) is 28.8 Å². The second-order valence-electron chi connectivity index (χ2n) is 6.96. The van der Waals surface area contributed by atoms with E-state index in [1.54, 1.807) is 23.0 Å². The third-order valence-corrected chi connectivity index (χ3v) is 6.71. The van der Waals surface area contributed by atoms with Crippen molar-refractivity contribution in [3.05, 3.63) is 62.6 Å². The lowest BCUT2D eigenvalue weighted by Gasteiger charge is -2.39. The summed E-state index contributed by atoms with van der Waals surface area (Å²) in [7, 11) is 1.87. The number of amides is 1. The van der Waals surface area contributed by atoms with E-state index in [1.807, 2.05) is 18.5 Å². The highest BCUT2D eigenvalue weighted by Gasteiger charge is 2.36. The van der Waals surface area contributed by atoms with Crippen LogP contribution in [0.4, 0.5) is 4.39 Å². The molecule has 1 aromatic carbocycles. The molecule has 0 unspecified atom stereocenters. The molecular weight excluding hydrogens is 443 g/mol. The highest BCUT2D eigenvalue weighted by atomic mass is 79.9. The first-order chi connectivity index (χ1) is 13.5. The minimum atomic E-state index is -0.493. The maximum absolute atomic E-state index is 13.4. The molecule has 2 N–H and O–H groups in total. The van der Waals surface area contributed by atoms with Gasteiger partial charge in [-0.1, -0.05) is 12.1 Å². The fraction of sp³-hybridized carbons (Fsp3) is 0.300. The van der Waals surface area contributed by atoms with Gasteiger partial charge in [0.25, 0.3) is 5.91 Å². The Morgan fingerprint density at radius 2 is 2.04 bits per heavy atom. The first-order valence-electron chi connectivity index (χ1n) is 9.04. The summed E-state index contributed by atoms with van der Waals surface area (Å²) >= 11 is 4.92. The van der Waals surface area contributed by atoms with Gasteiger partial charge in [0.2, 0.25) is 0 Å². The van der Waals surface area contributed by atoms with Crippen molar-refractivity contribution >= 4 is 33.2 Å². The zero-order chi connectivity index (χ0) is 19.7. The molecule has 146 valence electrons. The van der Waals surface area contributed by atoms with E-state index < -0.39 is 5.54 Å². The predicted molar refractivity (Wildman–Crippen MR) is 112 cm³/mol. The van der Waals surface area contributed by atoms with E-state index in [-0.39, 0.29) is 11.7 Å². The average Bonchev–Trinajstić information content (AvgIpc) is 3.29. The molecule has 4 rings (SSSR count). The fourth-order valence-electron chi connectivity index (χ4n) is 3.70. The maximum atomic E-state index is 13.4. The number of carbonyl (C=O) groups is 1. The van der Waals surface area contributed by atoms with Crippen LogP contribution >= 0.6 is 27.3 Å². The Kier molecular flexibility index (Phi) is 5.35. The highest BCUT2D eigenvalue weighted by Crippen LogP contribution is 2.34. The van der Waals surface area contributed by atoms with E-state index in [1.165, 1.54) is 23.5 Å². The Bertz CT molecular complexity index is 973. The molecule has 0 atom stereocenters. The fourth-order valence-corrected chi connectivity index (χ4v) is 5.07. The topological polar surface area (TPSA) is 59.0 Å². The zero-order valence-electron chi connectivity index (χ0n) is 15.3. The number of hydrogen-bond acceptors (Lipinski definition) is 4. The number of piperidine rings is 1. The molecule has 1 saturated heterocycles. The third kappa shape index (κ3) is 3.64. The zero-order valence-corrected chi connectivity index (χ0v) is 17.7. The number of thiophene rings is 1. The van der Waals surface area contributed by atoms with Crippen molar-refractivity contribution in [3.63, 3.8) is 0 Å². The summed E-state index contributed by atoms with van der Waals surface area (Å²) in [6.45, 7) is 1.60. The first kappa shape index (κ1) is 19.3. The van der Waals surface area contributed by atoms with Gasteiger partial charge in [-0.2, -0.15) is 5.10 Å². The summed E-state index contributed by atoms with van der Waals surface area (Å²) in [5.41, 5.74) is 2.33. The van der Waals surface area contributed by atoms with Crippen LogP contribution in [0.15, 0.2) is 46.4 Å². The SMILES string of the molecule is Cn1ncc(Br)c1-c1csc(C(=O)NC2(c3ccc(F)cc3)CCNCC2)c1. The van der Waals surface area contributed by atoms with Crippen molar-refractivity contribution in [2.45, 2.75) is 18.4 Å². The Balaban J connectivity index is 1.61. The molecule has 1 aliphatic rings. The molecule has 0 spiro atoms. The molecule has 3 heterocycles. The summed E-state index contributed by atoms with van der Waals surface area (Å²) in [6, 6.07) is 8.34. The molecule has 28 heavy (non-hydrogen) atoms. The number of benzene rings is 1. The van der Waals surface area contributed by atoms with E-state index in [0.717, 1.165) is 47.2 Å². The van der Waals surface area contributed by atoms with Gasteiger partial charge in [-0.05, 0) is 65.6 Å². The Hall–Kier alpha value is -2.03. The van der Waals surface area contributed by atoms with Crippen molar-refractivity contribution in [3.8, 4) is 11.3 Å². The van der Waals surface area contributed by atoms with Crippen molar-refractivity contribution in [2.24, 2.45) is 7.05 Å². The molecule has 1 amide bonds. The number of nitrogens with one attached hydrogen (secondary N) is 2. The van der Waals surface area contributed by atoms with Crippen molar-refractivity contribution < 1.29 is 9.18 Å². The van der Waals surface area contributed by atoms with Crippen molar-refractivity contribution in [1.82, 2.24) is 20.4 Å². The van der Waals surface area contributed by atoms with Gasteiger partial charge in [-0.3, -0.25) is 9.48 Å². The average molecular weight is 463 g/mol. The van der Waals surface area contributed by atoms with Crippen LogP contribution < -0.4 is 10.6 Å². The summed E-state index contributed by atoms with van der Waals surface area (Å²) in [4.78, 5) is 13.7. The molecular formula is C20H20BrFN4OS. The molecule has 5 nitrogen and oxygen atoms in total. The Labute approximate surface area is 175 Å². The van der Waals surface area contributed by atoms with E-state index in [4.69, 9.17) is 0 Å². The predicted octanol–water partition coefficient (Wildman–Crippen LogP) is 4.06. The number of aromatic nitrogens is 2. The number of nitrogens with zero attached hydrogens (tertiary/aromatic N) is 2. The molecule has 0 aliphatic carbocycles. The monoisotopic (exact) mass is 462 g/mol. The lowest BCUT2D eigenvalue weighted by Crippen LogP contribution is -2.52. The Morgan fingerprint density at radius 3 is 2.68 bits per heavy atom. The van der Waals surface area contributed by atoms with Gasteiger partial charge in [0.05, 0.1) is 26.8 Å². The van der Waals surface area contributed by atoms with Crippen LogP contribution in [0.1, 0.15) is 28.1 Å². The highest BCUT2D eigenvalue weighted by molar-refractivity contribution is 9.10. The molecule has 0 bridgehead atoms. The summed E-state index contributed by atoms with van der Waals surface area (Å²) in [5, 5.41) is 12.8. The van der Waals surface area contributed by atoms with Gasteiger partial charge in [-0.15, -0.1) is 11.3 Å². The molecule has 1 fully saturated rings. The summed E-state index contributed by atoms with van der Waals surface area (Å²) in [5.74, 6) is -0.385. The third-order valence-electron chi connectivity index (χ3n) is 5.20. The van der Waals surface area contributed by atoms with Crippen LogP contribution in [0.5, 0.6) is 0 Å². The van der Waals surface area contributed by atoms with Crippen molar-refractivity contribution in [1.29, 1.82) is 0 Å². The largest absolute Gasteiger partial charge is 0.342 e. The number of carbonyl (C=O) groups excluding carboxylic acids is 1. The second-order valence-corrected chi connectivity index (χ2v) is 8.72. The van der Waals surface area contributed by atoms with E-state index in [2.05, 4.69) is 31.7 Å². The molecule has 3 aromatic rings. The van der Waals surface area contributed by atoms with Gasteiger partial charge < -0.3 is 10.6 Å². The molecule has 0 radical (unpaired) electrons. The van der Waals surface area contributed by atoms with Gasteiger partial charge in [-0.25, -0.2) is 4.39 Å². The quantitative estimate of drug-likeness (QED) is 0.614. The van der Waals surface area contributed by atoms with Crippen LogP contribution in [0.2, 0.25) is 0 Å². The van der Waals surface area contributed by atoms with Gasteiger partial charge in [0, 0.05) is 18.0 Å². The van der Waals surface area contributed by atoms with Crippen LogP contribution in [-0.2, 0) is 12.6 Å². The van der Waals surface area contributed by atoms with Crippen molar-refractivity contribution in [2.75, 3.05) is 13.1 Å².